The fourth-order valence-electron chi connectivity index (χ4n) is 1.38. The van der Waals surface area contributed by atoms with Gasteiger partial charge in [0.1, 0.15) is 11.5 Å². The average molecular weight is 267 g/mol. The predicted molar refractivity (Wildman–Crippen MR) is 65.9 cm³/mol. The van der Waals surface area contributed by atoms with Crippen LogP contribution < -0.4 is 0 Å². The molecule has 2 nitrogen and oxygen atoms in total. The second kappa shape index (κ2) is 5.69. The summed E-state index contributed by atoms with van der Waals surface area (Å²) in [6.45, 7) is 0. The van der Waals surface area contributed by atoms with Crippen LogP contribution in [0, 0.1) is 11.6 Å². The topological polar surface area (TPSA) is 24.7 Å². The van der Waals surface area contributed by atoms with E-state index < -0.39 is 17.1 Å². The summed E-state index contributed by atoms with van der Waals surface area (Å²) in [5, 5.41) is 7.37. The first-order chi connectivity index (χ1) is 8.68. The molecule has 0 spiro atoms. The number of rotatable bonds is 3. The van der Waals surface area contributed by atoms with Crippen LogP contribution in [0.5, 0.6) is 0 Å². The predicted octanol–water partition coefficient (Wildman–Crippen LogP) is 4.99. The third-order valence-electron chi connectivity index (χ3n) is 2.28. The Morgan fingerprint density at radius 3 is 2.17 bits per heavy atom. The number of hydrogen-bond acceptors (Lipinski definition) is 2. The van der Waals surface area contributed by atoms with Crippen molar-refractivity contribution in [2.45, 2.75) is 5.50 Å². The van der Waals surface area contributed by atoms with Gasteiger partial charge in [0.2, 0.25) is 0 Å². The molecule has 92 valence electrons. The first kappa shape index (κ1) is 12.6. The van der Waals surface area contributed by atoms with Gasteiger partial charge in [0.25, 0.3) is 0 Å². The van der Waals surface area contributed by atoms with E-state index in [0.717, 1.165) is 0 Å². The summed E-state index contributed by atoms with van der Waals surface area (Å²) in [6.07, 6.45) is 0. The molecule has 5 heteroatoms. The molecule has 1 unspecified atom stereocenters. The van der Waals surface area contributed by atoms with Gasteiger partial charge in [-0.15, -0.1) is 0 Å². The molecule has 0 aromatic heterocycles. The molecule has 2 rings (SSSR count). The quantitative estimate of drug-likeness (QED) is 0.425. The standard InChI is InChI=1S/C13H9ClF2N2/c14-13(9-5-1-2-6-10(9)15)18-17-12-8-4-3-7-11(12)16/h1-8,13H. The third-order valence-corrected chi connectivity index (χ3v) is 2.60. The highest BCUT2D eigenvalue weighted by atomic mass is 35.5. The lowest BCUT2D eigenvalue weighted by Gasteiger charge is -2.04. The molecule has 0 heterocycles. The zero-order valence-electron chi connectivity index (χ0n) is 9.22. The van der Waals surface area contributed by atoms with Gasteiger partial charge < -0.3 is 0 Å². The lowest BCUT2D eigenvalue weighted by Crippen LogP contribution is -1.90. The minimum Gasteiger partial charge on any atom is -0.207 e. The summed E-state index contributed by atoms with van der Waals surface area (Å²) in [6, 6.07) is 11.9. The highest BCUT2D eigenvalue weighted by Crippen LogP contribution is 2.27. The summed E-state index contributed by atoms with van der Waals surface area (Å²) in [4.78, 5) is 0. The smallest absolute Gasteiger partial charge is 0.172 e. The van der Waals surface area contributed by atoms with Crippen LogP contribution in [-0.4, -0.2) is 0 Å². The summed E-state index contributed by atoms with van der Waals surface area (Å²) in [5.74, 6) is -0.969. The molecule has 0 saturated heterocycles. The molecule has 0 bridgehead atoms. The largest absolute Gasteiger partial charge is 0.207 e. The third kappa shape index (κ3) is 2.90. The molecular formula is C13H9ClF2N2. The molecule has 18 heavy (non-hydrogen) atoms. The fraction of sp³-hybridized carbons (Fsp3) is 0.0769. The molecule has 1 atom stereocenters. The Kier molecular flexibility index (Phi) is 3.99. The lowest BCUT2D eigenvalue weighted by atomic mass is 10.2. The van der Waals surface area contributed by atoms with Gasteiger partial charge in [-0.3, -0.25) is 0 Å². The molecule has 0 fully saturated rings. The molecule has 0 aliphatic rings. The molecule has 2 aromatic carbocycles. The van der Waals surface area contributed by atoms with Crippen LogP contribution in [0.2, 0.25) is 0 Å². The molecule has 0 aliphatic heterocycles. The maximum absolute atomic E-state index is 13.4. The van der Waals surface area contributed by atoms with Crippen LogP contribution in [0.3, 0.4) is 0 Å². The summed E-state index contributed by atoms with van der Waals surface area (Å²) >= 11 is 5.89. The van der Waals surface area contributed by atoms with Gasteiger partial charge in [-0.25, -0.2) is 8.78 Å². The van der Waals surface area contributed by atoms with Crippen molar-refractivity contribution in [2.75, 3.05) is 0 Å². The summed E-state index contributed by atoms with van der Waals surface area (Å²) < 4.78 is 26.6. The van der Waals surface area contributed by atoms with E-state index in [1.807, 2.05) is 0 Å². The Balaban J connectivity index is 2.20. The van der Waals surface area contributed by atoms with Crippen LogP contribution in [-0.2, 0) is 0 Å². The van der Waals surface area contributed by atoms with Crippen molar-refractivity contribution in [1.29, 1.82) is 0 Å². The zero-order valence-corrected chi connectivity index (χ0v) is 9.98. The second-order valence-electron chi connectivity index (χ2n) is 3.52. The van der Waals surface area contributed by atoms with Gasteiger partial charge in [0.15, 0.2) is 11.3 Å². The van der Waals surface area contributed by atoms with Crippen molar-refractivity contribution in [3.05, 3.63) is 65.7 Å². The van der Waals surface area contributed by atoms with E-state index in [2.05, 4.69) is 10.2 Å². The van der Waals surface area contributed by atoms with E-state index >= 15 is 0 Å². The van der Waals surface area contributed by atoms with Crippen molar-refractivity contribution in [3.63, 3.8) is 0 Å². The molecule has 0 radical (unpaired) electrons. The minimum absolute atomic E-state index is 0.0690. The average Bonchev–Trinajstić information content (AvgIpc) is 2.38. The Hall–Kier alpha value is -1.81. The monoisotopic (exact) mass is 266 g/mol. The van der Waals surface area contributed by atoms with Gasteiger partial charge in [0, 0.05) is 5.56 Å². The number of halogens is 3. The molecule has 0 aliphatic carbocycles. The van der Waals surface area contributed by atoms with Crippen molar-refractivity contribution >= 4 is 17.3 Å². The van der Waals surface area contributed by atoms with Crippen molar-refractivity contribution < 1.29 is 8.78 Å². The van der Waals surface area contributed by atoms with Crippen LogP contribution in [0.15, 0.2) is 58.8 Å². The molecule has 0 saturated carbocycles. The second-order valence-corrected chi connectivity index (χ2v) is 3.94. The van der Waals surface area contributed by atoms with Crippen LogP contribution in [0.4, 0.5) is 14.5 Å². The van der Waals surface area contributed by atoms with Crippen molar-refractivity contribution in [2.24, 2.45) is 10.2 Å². The highest BCUT2D eigenvalue weighted by molar-refractivity contribution is 6.20. The Labute approximate surface area is 108 Å². The maximum atomic E-state index is 13.4. The summed E-state index contributed by atoms with van der Waals surface area (Å²) in [7, 11) is 0. The van der Waals surface area contributed by atoms with E-state index in [-0.39, 0.29) is 11.3 Å². The molecule has 2 aromatic rings. The van der Waals surface area contributed by atoms with E-state index in [1.54, 1.807) is 24.3 Å². The van der Waals surface area contributed by atoms with Crippen LogP contribution >= 0.6 is 11.6 Å². The number of alkyl halides is 1. The van der Waals surface area contributed by atoms with Gasteiger partial charge >= 0.3 is 0 Å². The van der Waals surface area contributed by atoms with Gasteiger partial charge in [-0.05, 0) is 18.2 Å². The molecule has 0 N–H and O–H groups in total. The van der Waals surface area contributed by atoms with Crippen molar-refractivity contribution in [3.8, 4) is 0 Å². The van der Waals surface area contributed by atoms with E-state index in [4.69, 9.17) is 11.6 Å². The normalized spacial score (nSPS) is 12.8. The van der Waals surface area contributed by atoms with Crippen LogP contribution in [0.25, 0.3) is 0 Å². The Morgan fingerprint density at radius 2 is 1.50 bits per heavy atom. The molecular weight excluding hydrogens is 258 g/mol. The SMILES string of the molecule is Fc1ccccc1N=NC(Cl)c1ccccc1F. The minimum atomic E-state index is -0.981. The lowest BCUT2D eigenvalue weighted by molar-refractivity contribution is 0.605. The number of azo groups is 1. The van der Waals surface area contributed by atoms with Gasteiger partial charge in [-0.1, -0.05) is 41.9 Å². The van der Waals surface area contributed by atoms with E-state index in [0.29, 0.717) is 0 Å². The first-order valence-electron chi connectivity index (χ1n) is 5.22. The fourth-order valence-corrected chi connectivity index (χ4v) is 1.60. The summed E-state index contributed by atoms with van der Waals surface area (Å²) in [5.41, 5.74) is -0.704. The number of hydrogen-bond donors (Lipinski definition) is 0. The molecule has 0 amide bonds. The van der Waals surface area contributed by atoms with E-state index in [9.17, 15) is 8.78 Å². The number of nitrogens with zero attached hydrogens (tertiary/aromatic N) is 2. The Bertz CT molecular complexity index is 572. The maximum Gasteiger partial charge on any atom is 0.172 e. The number of benzene rings is 2. The van der Waals surface area contributed by atoms with E-state index in [1.165, 1.54) is 24.3 Å². The first-order valence-corrected chi connectivity index (χ1v) is 5.66. The van der Waals surface area contributed by atoms with Crippen LogP contribution in [0.1, 0.15) is 11.1 Å². The highest BCUT2D eigenvalue weighted by Gasteiger charge is 2.11. The van der Waals surface area contributed by atoms with Gasteiger partial charge in [-0.2, -0.15) is 10.2 Å². The van der Waals surface area contributed by atoms with Crippen molar-refractivity contribution in [1.82, 2.24) is 0 Å². The van der Waals surface area contributed by atoms with Gasteiger partial charge in [0.05, 0.1) is 0 Å². The zero-order chi connectivity index (χ0) is 13.0. The Morgan fingerprint density at radius 1 is 0.889 bits per heavy atom.